The molecule has 2 aromatic rings. The lowest BCUT2D eigenvalue weighted by Gasteiger charge is -2.17. The fraction of sp³-hybridized carbons (Fsp3) is 0.286. The summed E-state index contributed by atoms with van der Waals surface area (Å²) in [5.74, 6) is -0.425. The van der Waals surface area contributed by atoms with Crippen molar-refractivity contribution in [2.24, 2.45) is 4.40 Å². The van der Waals surface area contributed by atoms with Gasteiger partial charge in [0.15, 0.2) is 0 Å². The molecule has 1 heterocycles. The van der Waals surface area contributed by atoms with E-state index in [1.807, 2.05) is 20.8 Å². The zero-order chi connectivity index (χ0) is 14.9. The van der Waals surface area contributed by atoms with E-state index >= 15 is 0 Å². The first-order valence-electron chi connectivity index (χ1n) is 6.00. The highest BCUT2D eigenvalue weighted by Gasteiger charge is 2.25. The van der Waals surface area contributed by atoms with E-state index in [0.717, 1.165) is 0 Å². The number of pyridine rings is 1. The molecule has 1 unspecified atom stereocenters. The van der Waals surface area contributed by atoms with Crippen molar-refractivity contribution < 1.29 is 8.94 Å². The van der Waals surface area contributed by atoms with Gasteiger partial charge in [-0.3, -0.25) is 0 Å². The number of halogens is 2. The molecule has 0 N–H and O–H groups in total. The average Bonchev–Trinajstić information content (AvgIpc) is 2.36. The summed E-state index contributed by atoms with van der Waals surface area (Å²) in [6.07, 6.45) is 1.42. The predicted molar refractivity (Wildman–Crippen MR) is 82.2 cm³/mol. The van der Waals surface area contributed by atoms with E-state index in [0.29, 0.717) is 10.9 Å². The first-order valence-corrected chi connectivity index (χ1v) is 7.48. The fourth-order valence-corrected chi connectivity index (χ4v) is 2.22. The summed E-state index contributed by atoms with van der Waals surface area (Å²) in [5, 5.41) is 0.759. The maximum Gasteiger partial charge on any atom is 0.149 e. The lowest BCUT2D eigenvalue weighted by Crippen LogP contribution is -2.25. The lowest BCUT2D eigenvalue weighted by atomic mass is 10.1. The SMILES string of the molecule is CC(C)(C)[S+]([O-])N=Cc1cc2cccc(F)c2nc1Cl. The molecule has 0 bridgehead atoms. The first kappa shape index (κ1) is 15.2. The van der Waals surface area contributed by atoms with Gasteiger partial charge in [0.1, 0.15) is 32.6 Å². The summed E-state index contributed by atoms with van der Waals surface area (Å²) in [6, 6.07) is 6.34. The third kappa shape index (κ3) is 3.29. The Hall–Kier alpha value is -1.17. The van der Waals surface area contributed by atoms with Gasteiger partial charge < -0.3 is 4.55 Å². The predicted octanol–water partition coefficient (Wildman–Crippen LogP) is 3.91. The molecule has 1 aromatic heterocycles. The summed E-state index contributed by atoms with van der Waals surface area (Å²) in [4.78, 5) is 4.02. The Morgan fingerprint density at radius 1 is 1.40 bits per heavy atom. The normalized spacial score (nSPS) is 14.1. The van der Waals surface area contributed by atoms with Crippen molar-refractivity contribution in [3.63, 3.8) is 0 Å². The van der Waals surface area contributed by atoms with Gasteiger partial charge in [0.05, 0.1) is 6.21 Å². The Morgan fingerprint density at radius 2 is 2.10 bits per heavy atom. The van der Waals surface area contributed by atoms with Crippen LogP contribution in [-0.2, 0) is 11.4 Å². The van der Waals surface area contributed by atoms with Gasteiger partial charge in [-0.25, -0.2) is 9.37 Å². The number of rotatable bonds is 2. The first-order chi connectivity index (χ1) is 9.29. The Bertz CT molecular complexity index is 670. The molecule has 20 heavy (non-hydrogen) atoms. The van der Waals surface area contributed by atoms with E-state index in [1.54, 1.807) is 18.2 Å². The Morgan fingerprint density at radius 3 is 2.75 bits per heavy atom. The van der Waals surface area contributed by atoms with Crippen LogP contribution in [0.1, 0.15) is 26.3 Å². The molecule has 0 spiro atoms. The van der Waals surface area contributed by atoms with Gasteiger partial charge in [-0.15, -0.1) is 0 Å². The van der Waals surface area contributed by atoms with E-state index in [1.165, 1.54) is 12.3 Å². The molecule has 1 aromatic carbocycles. The van der Waals surface area contributed by atoms with Crippen molar-refractivity contribution in [3.8, 4) is 0 Å². The molecule has 1 atom stereocenters. The standard InChI is InChI=1S/C14H14ClFN2OS/c1-14(2,3)20(19)17-8-10-7-9-5-4-6-11(16)12(9)18-13(10)15/h4-8H,1-3H3. The Labute approximate surface area is 125 Å². The molecule has 0 aliphatic carbocycles. The smallest absolute Gasteiger partial charge is 0.149 e. The van der Waals surface area contributed by atoms with Crippen LogP contribution in [0.4, 0.5) is 4.39 Å². The third-order valence-electron chi connectivity index (χ3n) is 2.59. The highest BCUT2D eigenvalue weighted by Crippen LogP contribution is 2.22. The van der Waals surface area contributed by atoms with E-state index in [2.05, 4.69) is 9.38 Å². The largest absolute Gasteiger partial charge is 0.591 e. The van der Waals surface area contributed by atoms with Gasteiger partial charge in [0, 0.05) is 10.9 Å². The average molecular weight is 313 g/mol. The summed E-state index contributed by atoms with van der Waals surface area (Å²) in [5.41, 5.74) is 0.731. The van der Waals surface area contributed by atoms with Crippen LogP contribution in [0, 0.1) is 5.82 Å². The second kappa shape index (κ2) is 5.68. The maximum atomic E-state index is 13.6. The number of aromatic nitrogens is 1. The number of hydrogen-bond acceptors (Lipinski definition) is 3. The Kier molecular flexibility index (Phi) is 4.32. The molecule has 0 fully saturated rings. The summed E-state index contributed by atoms with van der Waals surface area (Å²) < 4.78 is 29.0. The monoisotopic (exact) mass is 312 g/mol. The van der Waals surface area contributed by atoms with Crippen molar-refractivity contribution in [2.45, 2.75) is 25.5 Å². The van der Waals surface area contributed by atoms with Crippen LogP contribution in [0.25, 0.3) is 10.9 Å². The molecule has 6 heteroatoms. The van der Waals surface area contributed by atoms with Crippen LogP contribution in [0.15, 0.2) is 28.7 Å². The van der Waals surface area contributed by atoms with Crippen LogP contribution in [0.5, 0.6) is 0 Å². The minimum absolute atomic E-state index is 0.136. The van der Waals surface area contributed by atoms with E-state index in [-0.39, 0.29) is 10.7 Å². The molecule has 106 valence electrons. The van der Waals surface area contributed by atoms with E-state index in [4.69, 9.17) is 11.6 Å². The molecule has 0 saturated carbocycles. The van der Waals surface area contributed by atoms with Gasteiger partial charge >= 0.3 is 0 Å². The molecule has 2 rings (SSSR count). The summed E-state index contributed by atoms with van der Waals surface area (Å²) in [7, 11) is 0. The van der Waals surface area contributed by atoms with Gasteiger partial charge in [-0.2, -0.15) is 0 Å². The molecule has 0 amide bonds. The molecule has 0 aliphatic rings. The third-order valence-corrected chi connectivity index (χ3v) is 4.24. The van der Waals surface area contributed by atoms with E-state index in [9.17, 15) is 8.94 Å². The second-order valence-electron chi connectivity index (χ2n) is 5.28. The quantitative estimate of drug-likeness (QED) is 0.479. The fourth-order valence-electron chi connectivity index (χ4n) is 1.51. The van der Waals surface area contributed by atoms with Crippen LogP contribution in [0.3, 0.4) is 0 Å². The number of fused-ring (bicyclic) bond motifs is 1. The maximum absolute atomic E-state index is 13.6. The molecular weight excluding hydrogens is 299 g/mol. The van der Waals surface area contributed by atoms with Crippen molar-refractivity contribution in [1.29, 1.82) is 0 Å². The molecule has 0 radical (unpaired) electrons. The van der Waals surface area contributed by atoms with E-state index < -0.39 is 21.9 Å². The minimum atomic E-state index is -1.38. The second-order valence-corrected chi connectivity index (χ2v) is 7.57. The van der Waals surface area contributed by atoms with Crippen LogP contribution in [0.2, 0.25) is 5.15 Å². The zero-order valence-electron chi connectivity index (χ0n) is 11.4. The van der Waals surface area contributed by atoms with Crippen LogP contribution >= 0.6 is 11.6 Å². The Balaban J connectivity index is 2.41. The van der Waals surface area contributed by atoms with Gasteiger partial charge in [0.25, 0.3) is 0 Å². The summed E-state index contributed by atoms with van der Waals surface area (Å²) in [6.45, 7) is 5.49. The summed E-state index contributed by atoms with van der Waals surface area (Å²) >= 11 is 4.63. The van der Waals surface area contributed by atoms with Crippen molar-refractivity contribution in [3.05, 3.63) is 40.8 Å². The zero-order valence-corrected chi connectivity index (χ0v) is 12.9. The number of nitrogens with zero attached hydrogens (tertiary/aromatic N) is 2. The molecular formula is C14H14ClFN2OS. The van der Waals surface area contributed by atoms with Crippen molar-refractivity contribution >= 4 is 40.1 Å². The molecule has 0 aliphatic heterocycles. The number of hydrogen-bond donors (Lipinski definition) is 0. The van der Waals surface area contributed by atoms with Crippen molar-refractivity contribution in [1.82, 2.24) is 4.98 Å². The molecule has 3 nitrogen and oxygen atoms in total. The van der Waals surface area contributed by atoms with Crippen molar-refractivity contribution in [2.75, 3.05) is 0 Å². The van der Waals surface area contributed by atoms with Crippen LogP contribution in [-0.4, -0.2) is 20.5 Å². The van der Waals surface area contributed by atoms with Crippen LogP contribution < -0.4 is 0 Å². The van der Waals surface area contributed by atoms with Gasteiger partial charge in [0.2, 0.25) is 0 Å². The van der Waals surface area contributed by atoms with Gasteiger partial charge in [-0.1, -0.05) is 28.1 Å². The highest BCUT2D eigenvalue weighted by atomic mass is 35.5. The number of para-hydroxylation sites is 1. The highest BCUT2D eigenvalue weighted by molar-refractivity contribution is 7.91. The number of benzene rings is 1. The molecule has 0 saturated heterocycles. The topological polar surface area (TPSA) is 48.3 Å². The lowest BCUT2D eigenvalue weighted by molar-refractivity contribution is 0.562. The minimum Gasteiger partial charge on any atom is -0.591 e. The van der Waals surface area contributed by atoms with Gasteiger partial charge in [-0.05, 0) is 32.9 Å².